The van der Waals surface area contributed by atoms with E-state index in [1.165, 1.54) is 19.3 Å². The molecule has 1 amide bonds. The molecule has 1 aliphatic heterocycles. The summed E-state index contributed by atoms with van der Waals surface area (Å²) < 4.78 is 0. The topological polar surface area (TPSA) is 68.2 Å². The summed E-state index contributed by atoms with van der Waals surface area (Å²) in [6, 6.07) is 2.55. The molecule has 0 aliphatic carbocycles. The molecule has 1 saturated heterocycles. The van der Waals surface area contributed by atoms with Crippen molar-refractivity contribution in [1.29, 1.82) is 5.26 Å². The second kappa shape index (κ2) is 9.76. The smallest absolute Gasteiger partial charge is 0.234 e. The Morgan fingerprint density at radius 1 is 1.53 bits per heavy atom. The maximum Gasteiger partial charge on any atom is 0.234 e. The first-order valence-corrected chi connectivity index (χ1v) is 7.35. The molecule has 108 valence electrons. The van der Waals surface area contributed by atoms with Crippen LogP contribution in [0.4, 0.5) is 0 Å². The molecule has 0 saturated carbocycles. The first kappa shape index (κ1) is 15.9. The summed E-state index contributed by atoms with van der Waals surface area (Å²) in [5, 5.41) is 14.7. The second-order valence-electron chi connectivity index (χ2n) is 5.14. The van der Waals surface area contributed by atoms with Crippen LogP contribution >= 0.6 is 0 Å². The average Bonchev–Trinajstić information content (AvgIpc) is 2.40. The van der Waals surface area contributed by atoms with Crippen molar-refractivity contribution in [2.24, 2.45) is 0 Å². The van der Waals surface area contributed by atoms with Crippen LogP contribution in [0.15, 0.2) is 0 Å². The van der Waals surface area contributed by atoms with E-state index >= 15 is 0 Å². The van der Waals surface area contributed by atoms with Crippen molar-refractivity contribution in [3.63, 3.8) is 0 Å². The van der Waals surface area contributed by atoms with E-state index in [9.17, 15) is 4.79 Å². The fourth-order valence-corrected chi connectivity index (χ4v) is 2.46. The lowest BCUT2D eigenvalue weighted by Crippen LogP contribution is -2.47. The number of hydrogen-bond donors (Lipinski definition) is 2. The lowest BCUT2D eigenvalue weighted by molar-refractivity contribution is -0.122. The van der Waals surface area contributed by atoms with Crippen LogP contribution in [-0.2, 0) is 4.79 Å². The van der Waals surface area contributed by atoms with Gasteiger partial charge in [-0.3, -0.25) is 9.69 Å². The Bertz CT molecular complexity index is 294. The maximum atomic E-state index is 11.8. The average molecular weight is 266 g/mol. The number of piperidine rings is 1. The van der Waals surface area contributed by atoms with Gasteiger partial charge in [-0.05, 0) is 32.4 Å². The van der Waals surface area contributed by atoms with Gasteiger partial charge in [0.2, 0.25) is 5.91 Å². The number of nitriles is 1. The Morgan fingerprint density at radius 2 is 2.37 bits per heavy atom. The Hall–Kier alpha value is -1.12. The third kappa shape index (κ3) is 7.14. The molecular formula is C14H26N4O. The molecule has 1 atom stereocenters. The highest BCUT2D eigenvalue weighted by molar-refractivity contribution is 5.78. The molecule has 0 aromatic carbocycles. The third-order valence-electron chi connectivity index (χ3n) is 3.36. The molecular weight excluding hydrogens is 240 g/mol. The van der Waals surface area contributed by atoms with Crippen LogP contribution in [0.25, 0.3) is 0 Å². The van der Waals surface area contributed by atoms with Crippen LogP contribution in [0.1, 0.15) is 39.0 Å². The van der Waals surface area contributed by atoms with E-state index in [1.54, 1.807) is 0 Å². The predicted molar refractivity (Wildman–Crippen MR) is 75.6 cm³/mol. The highest BCUT2D eigenvalue weighted by atomic mass is 16.2. The molecule has 0 aromatic rings. The van der Waals surface area contributed by atoms with Gasteiger partial charge in [0.15, 0.2) is 0 Å². The summed E-state index contributed by atoms with van der Waals surface area (Å²) in [6.07, 6.45) is 5.18. The van der Waals surface area contributed by atoms with Gasteiger partial charge in [-0.15, -0.1) is 0 Å². The number of amides is 1. The van der Waals surface area contributed by atoms with Crippen LogP contribution in [0.2, 0.25) is 0 Å². The first-order valence-electron chi connectivity index (χ1n) is 7.35. The number of nitrogens with zero attached hydrogens (tertiary/aromatic N) is 2. The second-order valence-corrected chi connectivity index (χ2v) is 5.14. The predicted octanol–water partition coefficient (Wildman–Crippen LogP) is 0.870. The van der Waals surface area contributed by atoms with Gasteiger partial charge < -0.3 is 10.6 Å². The van der Waals surface area contributed by atoms with Crippen molar-refractivity contribution in [2.75, 3.05) is 32.7 Å². The van der Waals surface area contributed by atoms with Gasteiger partial charge in [-0.2, -0.15) is 5.26 Å². The van der Waals surface area contributed by atoms with Gasteiger partial charge in [0, 0.05) is 19.1 Å². The molecule has 0 spiro atoms. The quantitative estimate of drug-likeness (QED) is 0.640. The molecule has 2 N–H and O–H groups in total. The van der Waals surface area contributed by atoms with E-state index in [0.29, 0.717) is 25.6 Å². The zero-order chi connectivity index (χ0) is 13.9. The molecule has 5 nitrogen and oxygen atoms in total. The van der Waals surface area contributed by atoms with E-state index in [0.717, 1.165) is 26.1 Å². The van der Waals surface area contributed by atoms with Gasteiger partial charge in [-0.25, -0.2) is 0 Å². The minimum atomic E-state index is 0.0273. The molecule has 0 aromatic heterocycles. The summed E-state index contributed by atoms with van der Waals surface area (Å²) in [5.74, 6) is 0.0273. The molecule has 1 unspecified atom stereocenters. The molecule has 5 heteroatoms. The van der Waals surface area contributed by atoms with Gasteiger partial charge in [0.25, 0.3) is 0 Å². The summed E-state index contributed by atoms with van der Waals surface area (Å²) in [6.45, 7) is 6.02. The van der Waals surface area contributed by atoms with E-state index in [4.69, 9.17) is 5.26 Å². The van der Waals surface area contributed by atoms with Crippen molar-refractivity contribution in [3.05, 3.63) is 0 Å². The van der Waals surface area contributed by atoms with E-state index in [-0.39, 0.29) is 5.91 Å². The number of carbonyl (C=O) groups is 1. The lowest BCUT2D eigenvalue weighted by Gasteiger charge is -2.30. The highest BCUT2D eigenvalue weighted by Gasteiger charge is 2.17. The Kier molecular flexibility index (Phi) is 8.19. The molecule has 0 bridgehead atoms. The SMILES string of the molecule is CCCN(CC(=O)NCCC#N)CC1CCCCN1. The van der Waals surface area contributed by atoms with Crippen molar-refractivity contribution in [3.8, 4) is 6.07 Å². The minimum Gasteiger partial charge on any atom is -0.354 e. The van der Waals surface area contributed by atoms with Crippen LogP contribution in [0.5, 0.6) is 0 Å². The standard InChI is InChI=1S/C14H26N4O/c1-2-10-18(11-13-6-3-4-8-16-13)12-14(19)17-9-5-7-15/h13,16H,2-6,8-12H2,1H3,(H,17,19). The van der Waals surface area contributed by atoms with Gasteiger partial charge >= 0.3 is 0 Å². The van der Waals surface area contributed by atoms with Gasteiger partial charge in [0.05, 0.1) is 19.0 Å². The molecule has 19 heavy (non-hydrogen) atoms. The molecule has 1 heterocycles. The van der Waals surface area contributed by atoms with Crippen LogP contribution in [0, 0.1) is 11.3 Å². The molecule has 1 aliphatic rings. The summed E-state index contributed by atoms with van der Waals surface area (Å²) in [4.78, 5) is 14.0. The summed E-state index contributed by atoms with van der Waals surface area (Å²) in [7, 11) is 0. The summed E-state index contributed by atoms with van der Waals surface area (Å²) >= 11 is 0. The zero-order valence-corrected chi connectivity index (χ0v) is 12.0. The van der Waals surface area contributed by atoms with Crippen LogP contribution in [-0.4, -0.2) is 49.6 Å². The Balaban J connectivity index is 2.30. The van der Waals surface area contributed by atoms with Crippen molar-refractivity contribution in [2.45, 2.75) is 45.1 Å². The third-order valence-corrected chi connectivity index (χ3v) is 3.36. The Morgan fingerprint density at radius 3 is 3.00 bits per heavy atom. The summed E-state index contributed by atoms with van der Waals surface area (Å²) in [5.41, 5.74) is 0. The largest absolute Gasteiger partial charge is 0.354 e. The lowest BCUT2D eigenvalue weighted by atomic mass is 10.0. The number of hydrogen-bond acceptors (Lipinski definition) is 4. The maximum absolute atomic E-state index is 11.8. The van der Waals surface area contributed by atoms with Gasteiger partial charge in [0.1, 0.15) is 0 Å². The van der Waals surface area contributed by atoms with Crippen LogP contribution in [0.3, 0.4) is 0 Å². The highest BCUT2D eigenvalue weighted by Crippen LogP contribution is 2.08. The normalized spacial score (nSPS) is 19.1. The van der Waals surface area contributed by atoms with E-state index in [1.807, 2.05) is 6.07 Å². The zero-order valence-electron chi connectivity index (χ0n) is 12.0. The number of rotatable bonds is 8. The number of nitrogens with one attached hydrogen (secondary N) is 2. The van der Waals surface area contributed by atoms with Crippen molar-refractivity contribution >= 4 is 5.91 Å². The fraction of sp³-hybridized carbons (Fsp3) is 0.857. The molecule has 0 radical (unpaired) electrons. The number of carbonyl (C=O) groups excluding carboxylic acids is 1. The molecule has 1 fully saturated rings. The monoisotopic (exact) mass is 266 g/mol. The Labute approximate surface area is 116 Å². The molecule has 1 rings (SSSR count). The fourth-order valence-electron chi connectivity index (χ4n) is 2.46. The minimum absolute atomic E-state index is 0.0273. The van der Waals surface area contributed by atoms with Crippen LogP contribution < -0.4 is 10.6 Å². The van der Waals surface area contributed by atoms with Crippen molar-refractivity contribution in [1.82, 2.24) is 15.5 Å². The first-order chi connectivity index (χ1) is 9.26. The van der Waals surface area contributed by atoms with E-state index < -0.39 is 0 Å². The van der Waals surface area contributed by atoms with Crippen molar-refractivity contribution < 1.29 is 4.79 Å². The van der Waals surface area contributed by atoms with Gasteiger partial charge in [-0.1, -0.05) is 13.3 Å². The van der Waals surface area contributed by atoms with E-state index in [2.05, 4.69) is 22.5 Å².